The van der Waals surface area contributed by atoms with Gasteiger partial charge in [-0.2, -0.15) is 11.8 Å². The summed E-state index contributed by atoms with van der Waals surface area (Å²) in [6, 6.07) is 12.5. The van der Waals surface area contributed by atoms with Gasteiger partial charge < -0.3 is 10.1 Å². The summed E-state index contributed by atoms with van der Waals surface area (Å²) < 4.78 is 32.9. The van der Waals surface area contributed by atoms with Crippen LogP contribution in [0.15, 0.2) is 53.4 Å². The van der Waals surface area contributed by atoms with Gasteiger partial charge in [0.1, 0.15) is 12.3 Å². The molecule has 0 unspecified atom stereocenters. The maximum Gasteiger partial charge on any atom is 0.264 e. The average molecular weight is 497 g/mol. The minimum Gasteiger partial charge on any atom is -0.497 e. The molecule has 3 rings (SSSR count). The third-order valence-corrected chi connectivity index (χ3v) is 8.80. The number of benzene rings is 2. The molecule has 0 radical (unpaired) electrons. The molecule has 0 aliphatic heterocycles. The van der Waals surface area contributed by atoms with Crippen molar-refractivity contribution in [2.24, 2.45) is 0 Å². The van der Waals surface area contributed by atoms with Gasteiger partial charge >= 0.3 is 0 Å². The maximum atomic E-state index is 13.4. The number of halogens is 1. The molecule has 2 aromatic rings. The first-order chi connectivity index (χ1) is 15.4. The number of hydrogen-bond donors (Lipinski definition) is 1. The number of methoxy groups -OCH3 is 1. The summed E-state index contributed by atoms with van der Waals surface area (Å²) in [5, 5.41) is 4.02. The molecular formula is C23H29ClN2O4S2. The van der Waals surface area contributed by atoms with Crippen LogP contribution in [0.25, 0.3) is 0 Å². The SMILES string of the molecule is COc1ccc(S(=O)(=O)N(CC(=O)NCCSC2CCCCC2)c2ccc(Cl)cc2)cc1. The lowest BCUT2D eigenvalue weighted by atomic mass is 10.0. The molecule has 1 N–H and O–H groups in total. The number of nitrogens with zero attached hydrogens (tertiary/aromatic N) is 1. The number of carbonyl (C=O) groups excluding carboxylic acids is 1. The van der Waals surface area contributed by atoms with Crippen LogP contribution < -0.4 is 14.4 Å². The average Bonchev–Trinajstić information content (AvgIpc) is 2.81. The second-order valence-electron chi connectivity index (χ2n) is 7.64. The Balaban J connectivity index is 1.68. The number of anilines is 1. The van der Waals surface area contributed by atoms with Crippen molar-refractivity contribution in [1.29, 1.82) is 0 Å². The zero-order chi connectivity index (χ0) is 23.0. The van der Waals surface area contributed by atoms with Gasteiger partial charge in [0, 0.05) is 22.6 Å². The lowest BCUT2D eigenvalue weighted by molar-refractivity contribution is -0.119. The van der Waals surface area contributed by atoms with E-state index in [-0.39, 0.29) is 17.3 Å². The number of ether oxygens (including phenoxy) is 1. The van der Waals surface area contributed by atoms with E-state index in [1.165, 1.54) is 51.3 Å². The van der Waals surface area contributed by atoms with Crippen LogP contribution in [0.1, 0.15) is 32.1 Å². The predicted octanol–water partition coefficient (Wildman–Crippen LogP) is 4.73. The Hall–Kier alpha value is -1.90. The summed E-state index contributed by atoms with van der Waals surface area (Å²) in [5.74, 6) is 1.03. The smallest absolute Gasteiger partial charge is 0.264 e. The number of amides is 1. The normalized spacial score (nSPS) is 14.7. The van der Waals surface area contributed by atoms with Gasteiger partial charge in [-0.25, -0.2) is 8.42 Å². The van der Waals surface area contributed by atoms with Crippen LogP contribution >= 0.6 is 23.4 Å². The molecule has 0 spiro atoms. The first kappa shape index (κ1) is 24.7. The minimum absolute atomic E-state index is 0.0777. The first-order valence-electron chi connectivity index (χ1n) is 10.7. The highest BCUT2D eigenvalue weighted by atomic mass is 35.5. The molecule has 174 valence electrons. The van der Waals surface area contributed by atoms with Crippen LogP contribution in [0, 0.1) is 0 Å². The topological polar surface area (TPSA) is 75.7 Å². The first-order valence-corrected chi connectivity index (χ1v) is 13.6. The lowest BCUT2D eigenvalue weighted by Crippen LogP contribution is -2.41. The Morgan fingerprint density at radius 1 is 1.09 bits per heavy atom. The highest BCUT2D eigenvalue weighted by molar-refractivity contribution is 7.99. The van der Waals surface area contributed by atoms with Crippen LogP contribution in [0.5, 0.6) is 5.75 Å². The summed E-state index contributed by atoms with van der Waals surface area (Å²) in [4.78, 5) is 12.7. The number of sulfonamides is 1. The van der Waals surface area contributed by atoms with Crippen molar-refractivity contribution < 1.29 is 17.9 Å². The molecule has 32 heavy (non-hydrogen) atoms. The van der Waals surface area contributed by atoms with Gasteiger partial charge in [0.05, 0.1) is 17.7 Å². The lowest BCUT2D eigenvalue weighted by Gasteiger charge is -2.24. The van der Waals surface area contributed by atoms with Gasteiger partial charge in [-0.15, -0.1) is 0 Å². The monoisotopic (exact) mass is 496 g/mol. The number of nitrogens with one attached hydrogen (secondary N) is 1. The fraction of sp³-hybridized carbons (Fsp3) is 0.435. The highest BCUT2D eigenvalue weighted by Crippen LogP contribution is 2.28. The second kappa shape index (κ2) is 11.8. The minimum atomic E-state index is -3.97. The van der Waals surface area contributed by atoms with Gasteiger partial charge in [0.2, 0.25) is 5.91 Å². The van der Waals surface area contributed by atoms with Crippen molar-refractivity contribution in [2.75, 3.05) is 30.3 Å². The summed E-state index contributed by atoms with van der Waals surface area (Å²) >= 11 is 7.86. The van der Waals surface area contributed by atoms with E-state index in [1.54, 1.807) is 36.4 Å². The van der Waals surface area contributed by atoms with E-state index in [0.717, 1.165) is 10.1 Å². The van der Waals surface area contributed by atoms with E-state index in [9.17, 15) is 13.2 Å². The van der Waals surface area contributed by atoms with Crippen molar-refractivity contribution >= 4 is 45.0 Å². The third-order valence-electron chi connectivity index (χ3n) is 5.38. The van der Waals surface area contributed by atoms with Gasteiger partial charge in [-0.1, -0.05) is 30.9 Å². The molecule has 1 fully saturated rings. The van der Waals surface area contributed by atoms with Crippen LogP contribution in [-0.2, 0) is 14.8 Å². The van der Waals surface area contributed by atoms with E-state index in [0.29, 0.717) is 28.3 Å². The molecule has 1 amide bonds. The van der Waals surface area contributed by atoms with Crippen LogP contribution in [0.4, 0.5) is 5.69 Å². The predicted molar refractivity (Wildman–Crippen MR) is 131 cm³/mol. The number of carbonyl (C=O) groups is 1. The zero-order valence-corrected chi connectivity index (χ0v) is 20.5. The molecule has 0 heterocycles. The van der Waals surface area contributed by atoms with E-state index in [2.05, 4.69) is 5.32 Å². The van der Waals surface area contributed by atoms with Crippen molar-refractivity contribution in [1.82, 2.24) is 5.32 Å². The fourth-order valence-corrected chi connectivity index (χ4v) is 6.40. The molecule has 0 aromatic heterocycles. The molecule has 2 aromatic carbocycles. The summed E-state index contributed by atoms with van der Waals surface area (Å²) in [6.45, 7) is 0.196. The highest BCUT2D eigenvalue weighted by Gasteiger charge is 2.27. The van der Waals surface area contributed by atoms with E-state index >= 15 is 0 Å². The fourth-order valence-electron chi connectivity index (χ4n) is 3.63. The standard InChI is InChI=1S/C23H29ClN2O4S2/c1-30-20-11-13-22(14-12-20)32(28,29)26(19-9-7-18(24)8-10-19)17-23(27)25-15-16-31-21-5-3-2-4-6-21/h7-14,21H,2-6,15-17H2,1H3,(H,25,27). The van der Waals surface area contributed by atoms with E-state index < -0.39 is 10.0 Å². The summed E-state index contributed by atoms with van der Waals surface area (Å²) in [7, 11) is -2.45. The third kappa shape index (κ3) is 6.80. The van der Waals surface area contributed by atoms with Gasteiger partial charge in [0.25, 0.3) is 10.0 Å². The van der Waals surface area contributed by atoms with Crippen LogP contribution in [0.3, 0.4) is 0 Å². The summed E-state index contributed by atoms with van der Waals surface area (Å²) in [6.07, 6.45) is 6.36. The maximum absolute atomic E-state index is 13.4. The van der Waals surface area contributed by atoms with Crippen LogP contribution in [0.2, 0.25) is 5.02 Å². The van der Waals surface area contributed by atoms with Gasteiger partial charge in [0.15, 0.2) is 0 Å². The van der Waals surface area contributed by atoms with Crippen LogP contribution in [-0.4, -0.2) is 45.5 Å². The molecule has 1 aliphatic rings. The number of rotatable bonds is 10. The Kier molecular flexibility index (Phi) is 9.13. The number of hydrogen-bond acceptors (Lipinski definition) is 5. The van der Waals surface area contributed by atoms with Crippen molar-refractivity contribution in [3.05, 3.63) is 53.6 Å². The Morgan fingerprint density at radius 2 is 1.75 bits per heavy atom. The van der Waals surface area contributed by atoms with Crippen molar-refractivity contribution in [2.45, 2.75) is 42.2 Å². The Labute approximate surface area is 199 Å². The van der Waals surface area contributed by atoms with E-state index in [1.807, 2.05) is 11.8 Å². The summed E-state index contributed by atoms with van der Waals surface area (Å²) in [5.41, 5.74) is 0.372. The largest absolute Gasteiger partial charge is 0.497 e. The number of thioether (sulfide) groups is 1. The van der Waals surface area contributed by atoms with E-state index in [4.69, 9.17) is 16.3 Å². The molecule has 0 bridgehead atoms. The Bertz CT molecular complexity index is 976. The molecular weight excluding hydrogens is 468 g/mol. The molecule has 1 saturated carbocycles. The van der Waals surface area contributed by atoms with Gasteiger partial charge in [-0.3, -0.25) is 9.10 Å². The molecule has 0 saturated heterocycles. The molecule has 0 atom stereocenters. The Morgan fingerprint density at radius 3 is 2.38 bits per heavy atom. The molecule has 9 heteroatoms. The second-order valence-corrected chi connectivity index (χ2v) is 11.4. The van der Waals surface area contributed by atoms with Crippen molar-refractivity contribution in [3.8, 4) is 5.75 Å². The molecule has 1 aliphatic carbocycles. The van der Waals surface area contributed by atoms with Crippen molar-refractivity contribution in [3.63, 3.8) is 0 Å². The quantitative estimate of drug-likeness (QED) is 0.481. The zero-order valence-electron chi connectivity index (χ0n) is 18.1. The molecule has 6 nitrogen and oxygen atoms in total. The van der Waals surface area contributed by atoms with Gasteiger partial charge in [-0.05, 0) is 61.4 Å².